The number of aryl methyl sites for hydroxylation is 2. The molecule has 0 saturated carbocycles. The minimum atomic E-state index is -0.518. The van der Waals surface area contributed by atoms with Gasteiger partial charge in [0.2, 0.25) is 11.9 Å². The summed E-state index contributed by atoms with van der Waals surface area (Å²) >= 11 is 1.40. The molecule has 1 atom stereocenters. The molecule has 0 bridgehead atoms. The number of nitrogens with zero attached hydrogens (tertiary/aromatic N) is 4. The molecule has 0 radical (unpaired) electrons. The number of rotatable bonds is 7. The number of carbonyl (C=O) groups is 1. The Morgan fingerprint density at radius 1 is 0.944 bits per heavy atom. The second-order valence-electron chi connectivity index (χ2n) is 8.77. The zero-order chi connectivity index (χ0) is 24.9. The van der Waals surface area contributed by atoms with E-state index in [1.54, 1.807) is 0 Å². The van der Waals surface area contributed by atoms with E-state index in [0.29, 0.717) is 18.4 Å². The third kappa shape index (κ3) is 5.29. The summed E-state index contributed by atoms with van der Waals surface area (Å²) < 4.78 is 7.58. The van der Waals surface area contributed by atoms with Crippen LogP contribution in [-0.4, -0.2) is 47.0 Å². The molecule has 4 aromatic rings. The van der Waals surface area contributed by atoms with Crippen molar-refractivity contribution in [1.29, 1.82) is 0 Å². The lowest BCUT2D eigenvalue weighted by molar-refractivity contribution is -0.115. The number of benzene rings is 3. The first-order chi connectivity index (χ1) is 17.6. The fourth-order valence-electron chi connectivity index (χ4n) is 4.18. The number of anilines is 2. The zero-order valence-electron chi connectivity index (χ0n) is 20.4. The lowest BCUT2D eigenvalue weighted by Crippen LogP contribution is -2.37. The standard InChI is InChI=1S/C28H29N5O2S/c1-20-13-14-21(2)24(19-20)29-26(34)25(22-9-5-3-6-10-22)36-28-31-30-27(32-15-17-35-18-16-32)33(28)23-11-7-4-8-12-23/h3-14,19,25H,15-18H2,1-2H3,(H,29,34)/t25-/m1/s1. The SMILES string of the molecule is Cc1ccc(C)c(NC(=O)[C@H](Sc2nnc(N3CCOCC3)n2-c2ccccc2)c2ccccc2)c1. The van der Waals surface area contributed by atoms with Crippen LogP contribution < -0.4 is 10.2 Å². The van der Waals surface area contributed by atoms with E-state index in [4.69, 9.17) is 4.74 Å². The number of aromatic nitrogens is 3. The second-order valence-corrected chi connectivity index (χ2v) is 9.84. The quantitative estimate of drug-likeness (QED) is 0.353. The van der Waals surface area contributed by atoms with Gasteiger partial charge in [0.15, 0.2) is 5.16 Å². The molecule has 1 aliphatic rings. The summed E-state index contributed by atoms with van der Waals surface area (Å²) in [5.74, 6) is 0.657. The predicted octanol–water partition coefficient (Wildman–Crippen LogP) is 5.19. The molecule has 0 unspecified atom stereocenters. The molecule has 3 aromatic carbocycles. The first-order valence-electron chi connectivity index (χ1n) is 12.0. The van der Waals surface area contributed by atoms with Crippen molar-refractivity contribution in [2.24, 2.45) is 0 Å². The van der Waals surface area contributed by atoms with Gasteiger partial charge in [0, 0.05) is 18.8 Å². The van der Waals surface area contributed by atoms with Crippen molar-refractivity contribution < 1.29 is 9.53 Å². The number of ether oxygens (including phenoxy) is 1. The molecule has 0 spiro atoms. The van der Waals surface area contributed by atoms with Gasteiger partial charge >= 0.3 is 0 Å². The van der Waals surface area contributed by atoms with Crippen LogP contribution in [0.2, 0.25) is 0 Å². The molecule has 2 heterocycles. The van der Waals surface area contributed by atoms with Gasteiger partial charge in [-0.3, -0.25) is 9.36 Å². The van der Waals surface area contributed by atoms with Crippen molar-refractivity contribution in [1.82, 2.24) is 14.8 Å². The summed E-state index contributed by atoms with van der Waals surface area (Å²) in [6.07, 6.45) is 0. The molecule has 1 aliphatic heterocycles. The normalized spacial score (nSPS) is 14.4. The average Bonchev–Trinajstić information content (AvgIpc) is 3.34. The van der Waals surface area contributed by atoms with Crippen LogP contribution in [0, 0.1) is 13.8 Å². The van der Waals surface area contributed by atoms with Crippen molar-refractivity contribution in [3.8, 4) is 5.69 Å². The van der Waals surface area contributed by atoms with E-state index >= 15 is 0 Å². The minimum Gasteiger partial charge on any atom is -0.378 e. The van der Waals surface area contributed by atoms with Gasteiger partial charge < -0.3 is 15.0 Å². The van der Waals surface area contributed by atoms with E-state index in [-0.39, 0.29) is 5.91 Å². The Morgan fingerprint density at radius 2 is 1.64 bits per heavy atom. The first kappa shape index (κ1) is 24.1. The van der Waals surface area contributed by atoms with E-state index in [1.165, 1.54) is 11.8 Å². The Bertz CT molecular complexity index is 1320. The molecular formula is C28H29N5O2S. The summed E-state index contributed by atoms with van der Waals surface area (Å²) in [4.78, 5) is 15.9. The van der Waals surface area contributed by atoms with Crippen LogP contribution in [0.3, 0.4) is 0 Å². The largest absolute Gasteiger partial charge is 0.378 e. The van der Waals surface area contributed by atoms with Gasteiger partial charge in [0.05, 0.1) is 18.9 Å². The Kier molecular flexibility index (Phi) is 7.34. The molecule has 184 valence electrons. The van der Waals surface area contributed by atoms with E-state index in [0.717, 1.165) is 47.1 Å². The molecule has 1 N–H and O–H groups in total. The third-order valence-electron chi connectivity index (χ3n) is 6.14. The zero-order valence-corrected chi connectivity index (χ0v) is 21.2. The lowest BCUT2D eigenvalue weighted by atomic mass is 10.1. The first-order valence-corrected chi connectivity index (χ1v) is 12.9. The van der Waals surface area contributed by atoms with Gasteiger partial charge in [-0.05, 0) is 48.7 Å². The highest BCUT2D eigenvalue weighted by Gasteiger charge is 2.28. The van der Waals surface area contributed by atoms with Crippen LogP contribution >= 0.6 is 11.8 Å². The smallest absolute Gasteiger partial charge is 0.242 e. The summed E-state index contributed by atoms with van der Waals surface area (Å²) in [5.41, 5.74) is 4.79. The Morgan fingerprint density at radius 3 is 2.36 bits per heavy atom. The van der Waals surface area contributed by atoms with Crippen LogP contribution in [-0.2, 0) is 9.53 Å². The predicted molar refractivity (Wildman–Crippen MR) is 144 cm³/mol. The number of hydrogen-bond donors (Lipinski definition) is 1. The van der Waals surface area contributed by atoms with Crippen molar-refractivity contribution in [2.75, 3.05) is 36.5 Å². The van der Waals surface area contributed by atoms with Crippen LogP contribution in [0.15, 0.2) is 84.0 Å². The number of morpholine rings is 1. The van der Waals surface area contributed by atoms with Gasteiger partial charge in [0.1, 0.15) is 5.25 Å². The van der Waals surface area contributed by atoms with Crippen molar-refractivity contribution in [3.05, 3.63) is 95.6 Å². The Labute approximate surface area is 215 Å². The molecule has 8 heteroatoms. The second kappa shape index (κ2) is 11.0. The van der Waals surface area contributed by atoms with Crippen molar-refractivity contribution in [3.63, 3.8) is 0 Å². The summed E-state index contributed by atoms with van der Waals surface area (Å²) in [6, 6.07) is 25.9. The number of hydrogen-bond acceptors (Lipinski definition) is 6. The van der Waals surface area contributed by atoms with Crippen molar-refractivity contribution in [2.45, 2.75) is 24.3 Å². The number of para-hydroxylation sites is 1. The fraction of sp³-hybridized carbons (Fsp3) is 0.250. The molecule has 36 heavy (non-hydrogen) atoms. The number of nitrogens with one attached hydrogen (secondary N) is 1. The van der Waals surface area contributed by atoms with E-state index in [9.17, 15) is 4.79 Å². The monoisotopic (exact) mass is 499 g/mol. The number of carbonyl (C=O) groups excluding carboxylic acids is 1. The van der Waals surface area contributed by atoms with Crippen LogP contribution in [0.4, 0.5) is 11.6 Å². The summed E-state index contributed by atoms with van der Waals surface area (Å²) in [6.45, 7) is 6.80. The third-order valence-corrected chi connectivity index (χ3v) is 7.34. The van der Waals surface area contributed by atoms with Gasteiger partial charge in [-0.1, -0.05) is 72.4 Å². The highest BCUT2D eigenvalue weighted by molar-refractivity contribution is 8.00. The van der Waals surface area contributed by atoms with Gasteiger partial charge in [-0.25, -0.2) is 0 Å². The van der Waals surface area contributed by atoms with Crippen LogP contribution in [0.5, 0.6) is 0 Å². The molecule has 1 aromatic heterocycles. The lowest BCUT2D eigenvalue weighted by Gasteiger charge is -2.28. The molecular weight excluding hydrogens is 470 g/mol. The van der Waals surface area contributed by atoms with Crippen LogP contribution in [0.1, 0.15) is 21.9 Å². The summed E-state index contributed by atoms with van der Waals surface area (Å²) in [5, 5.41) is 12.4. The number of amides is 1. The highest BCUT2D eigenvalue weighted by atomic mass is 32.2. The topological polar surface area (TPSA) is 72.3 Å². The maximum absolute atomic E-state index is 13.7. The molecule has 5 rings (SSSR count). The molecule has 1 saturated heterocycles. The molecule has 1 amide bonds. The van der Waals surface area contributed by atoms with E-state index in [2.05, 4.69) is 20.4 Å². The van der Waals surface area contributed by atoms with Gasteiger partial charge in [-0.15, -0.1) is 10.2 Å². The number of thioether (sulfide) groups is 1. The molecule has 0 aliphatic carbocycles. The minimum absolute atomic E-state index is 0.101. The van der Waals surface area contributed by atoms with Crippen molar-refractivity contribution >= 4 is 29.3 Å². The molecule has 1 fully saturated rings. The van der Waals surface area contributed by atoms with Gasteiger partial charge in [-0.2, -0.15) is 0 Å². The van der Waals surface area contributed by atoms with E-state index in [1.807, 2.05) is 97.3 Å². The maximum Gasteiger partial charge on any atom is 0.242 e. The summed E-state index contributed by atoms with van der Waals surface area (Å²) in [7, 11) is 0. The average molecular weight is 500 g/mol. The highest BCUT2D eigenvalue weighted by Crippen LogP contribution is 2.38. The maximum atomic E-state index is 13.7. The van der Waals surface area contributed by atoms with Crippen LogP contribution in [0.25, 0.3) is 5.69 Å². The van der Waals surface area contributed by atoms with Gasteiger partial charge in [0.25, 0.3) is 0 Å². The molecule has 7 nitrogen and oxygen atoms in total. The Balaban J connectivity index is 1.52. The Hall–Kier alpha value is -3.62. The fourth-order valence-corrected chi connectivity index (χ4v) is 5.24. The van der Waals surface area contributed by atoms with E-state index < -0.39 is 5.25 Å².